The molecule has 0 saturated carbocycles. The lowest BCUT2D eigenvalue weighted by atomic mass is 9.98. The molecule has 0 radical (unpaired) electrons. The molecule has 3 heterocycles. The lowest BCUT2D eigenvalue weighted by Crippen LogP contribution is -2.29. The fourth-order valence-electron chi connectivity index (χ4n) is 4.04. The fraction of sp³-hybridized carbons (Fsp3) is 0.200. The van der Waals surface area contributed by atoms with Gasteiger partial charge in [0.15, 0.2) is 5.43 Å². The quantitative estimate of drug-likeness (QED) is 0.282. The number of aryl methyl sites for hydroxylation is 1. The predicted octanol–water partition coefficient (Wildman–Crippen LogP) is 5.67. The summed E-state index contributed by atoms with van der Waals surface area (Å²) >= 11 is 4.76. The first-order valence-corrected chi connectivity index (χ1v) is 12.4. The van der Waals surface area contributed by atoms with E-state index in [1.807, 2.05) is 24.3 Å². The van der Waals surface area contributed by atoms with Crippen LogP contribution in [0.5, 0.6) is 5.75 Å². The van der Waals surface area contributed by atoms with Gasteiger partial charge in [0.25, 0.3) is 5.91 Å². The van der Waals surface area contributed by atoms with Crippen LogP contribution in [-0.4, -0.2) is 22.7 Å². The Bertz CT molecular complexity index is 1480. The van der Waals surface area contributed by atoms with Gasteiger partial charge in [0.2, 0.25) is 10.9 Å². The van der Waals surface area contributed by atoms with E-state index in [0.717, 1.165) is 22.3 Å². The molecule has 172 valence electrons. The highest BCUT2D eigenvalue weighted by Gasteiger charge is 2.45. The number of ether oxygens (including phenoxy) is 1. The zero-order valence-electron chi connectivity index (χ0n) is 18.3. The number of amides is 1. The molecule has 0 bridgehead atoms. The highest BCUT2D eigenvalue weighted by Crippen LogP contribution is 2.43. The maximum atomic E-state index is 13.7. The molecule has 4 aromatic rings. The molecule has 7 nitrogen and oxygen atoms in total. The van der Waals surface area contributed by atoms with Crippen LogP contribution in [0.1, 0.15) is 46.1 Å². The SMILES string of the molecule is C=CCOc1cccc(C2c3c(oc4ccc(Br)cc4c3=O)C(=O)N2c2nnc(CCC)s2)c1. The molecule has 1 aliphatic heterocycles. The molecule has 1 aliphatic rings. The molecule has 0 N–H and O–H groups in total. The minimum atomic E-state index is -0.725. The Balaban J connectivity index is 1.73. The fourth-order valence-corrected chi connectivity index (χ4v) is 5.37. The van der Waals surface area contributed by atoms with Gasteiger partial charge in [-0.05, 0) is 42.3 Å². The first kappa shape index (κ1) is 22.5. The molecule has 0 fully saturated rings. The van der Waals surface area contributed by atoms with Gasteiger partial charge < -0.3 is 9.15 Å². The molecule has 1 atom stereocenters. The molecule has 2 aromatic carbocycles. The minimum Gasteiger partial charge on any atom is -0.490 e. The van der Waals surface area contributed by atoms with Gasteiger partial charge in [0, 0.05) is 10.9 Å². The van der Waals surface area contributed by atoms with E-state index in [-0.39, 0.29) is 16.8 Å². The number of carbonyl (C=O) groups is 1. The summed E-state index contributed by atoms with van der Waals surface area (Å²) in [6, 6.07) is 11.8. The van der Waals surface area contributed by atoms with Crippen molar-refractivity contribution in [3.63, 3.8) is 0 Å². The molecule has 0 spiro atoms. The number of benzene rings is 2. The van der Waals surface area contributed by atoms with Gasteiger partial charge in [-0.25, -0.2) is 0 Å². The highest BCUT2D eigenvalue weighted by atomic mass is 79.9. The summed E-state index contributed by atoms with van der Waals surface area (Å²) < 4.78 is 12.5. The molecule has 34 heavy (non-hydrogen) atoms. The van der Waals surface area contributed by atoms with Crippen molar-refractivity contribution in [2.45, 2.75) is 25.8 Å². The van der Waals surface area contributed by atoms with Crippen molar-refractivity contribution in [3.8, 4) is 5.75 Å². The van der Waals surface area contributed by atoms with Crippen LogP contribution in [-0.2, 0) is 6.42 Å². The van der Waals surface area contributed by atoms with Crippen LogP contribution in [0, 0.1) is 0 Å². The highest BCUT2D eigenvalue weighted by molar-refractivity contribution is 9.10. The average molecular weight is 538 g/mol. The van der Waals surface area contributed by atoms with Gasteiger partial charge in [-0.3, -0.25) is 14.5 Å². The van der Waals surface area contributed by atoms with E-state index in [9.17, 15) is 9.59 Å². The van der Waals surface area contributed by atoms with Crippen molar-refractivity contribution in [1.29, 1.82) is 0 Å². The van der Waals surface area contributed by atoms with E-state index in [1.165, 1.54) is 16.2 Å². The number of carbonyl (C=O) groups excluding carboxylic acids is 1. The topological polar surface area (TPSA) is 85.5 Å². The first-order valence-electron chi connectivity index (χ1n) is 10.8. The second kappa shape index (κ2) is 9.15. The van der Waals surface area contributed by atoms with E-state index in [1.54, 1.807) is 24.3 Å². The lowest BCUT2D eigenvalue weighted by molar-refractivity contribution is 0.0970. The third-order valence-electron chi connectivity index (χ3n) is 5.50. The minimum absolute atomic E-state index is 0.0227. The molecule has 1 unspecified atom stereocenters. The van der Waals surface area contributed by atoms with Crippen LogP contribution in [0.2, 0.25) is 0 Å². The second-order valence-electron chi connectivity index (χ2n) is 7.79. The summed E-state index contributed by atoms with van der Waals surface area (Å²) in [5, 5.41) is 10.2. The zero-order chi connectivity index (χ0) is 23.8. The Kier molecular flexibility index (Phi) is 6.05. The largest absolute Gasteiger partial charge is 0.490 e. The normalized spacial score (nSPS) is 15.1. The maximum Gasteiger partial charge on any atom is 0.297 e. The Labute approximate surface area is 207 Å². The molecular formula is C25H20BrN3O4S. The molecular weight excluding hydrogens is 518 g/mol. The summed E-state index contributed by atoms with van der Waals surface area (Å²) in [6.07, 6.45) is 3.33. The average Bonchev–Trinajstić information content (AvgIpc) is 3.41. The van der Waals surface area contributed by atoms with Crippen molar-refractivity contribution in [3.05, 3.63) is 91.7 Å². The summed E-state index contributed by atoms with van der Waals surface area (Å²) in [5.74, 6) is 0.211. The van der Waals surface area contributed by atoms with Crippen molar-refractivity contribution in [2.24, 2.45) is 0 Å². The van der Waals surface area contributed by atoms with Crippen LogP contribution in [0.3, 0.4) is 0 Å². The third kappa shape index (κ3) is 3.84. The molecule has 2 aromatic heterocycles. The smallest absolute Gasteiger partial charge is 0.297 e. The summed E-state index contributed by atoms with van der Waals surface area (Å²) in [4.78, 5) is 28.9. The van der Waals surface area contributed by atoms with Crippen molar-refractivity contribution < 1.29 is 13.9 Å². The standard InChI is InChI=1S/C25H20BrN3O4S/c1-3-6-19-27-28-25(34-19)29-21(14-7-5-8-16(12-14)32-11-4-2)20-22(30)17-13-15(26)9-10-18(17)33-23(20)24(29)31/h4-5,7-10,12-13,21H,2-3,6,11H2,1H3. The summed E-state index contributed by atoms with van der Waals surface area (Å²) in [6.45, 7) is 6.08. The van der Waals surface area contributed by atoms with Gasteiger partial charge in [0.05, 0.1) is 17.0 Å². The lowest BCUT2D eigenvalue weighted by Gasteiger charge is -2.22. The molecule has 0 saturated heterocycles. The number of fused-ring (bicyclic) bond motifs is 2. The number of hydrogen-bond acceptors (Lipinski definition) is 7. The second-order valence-corrected chi connectivity index (χ2v) is 9.75. The first-order chi connectivity index (χ1) is 16.5. The number of halogens is 1. The van der Waals surface area contributed by atoms with E-state index in [0.29, 0.717) is 34.0 Å². The number of aromatic nitrogens is 2. The van der Waals surface area contributed by atoms with Crippen LogP contribution in [0.4, 0.5) is 5.13 Å². The third-order valence-corrected chi connectivity index (χ3v) is 6.98. The van der Waals surface area contributed by atoms with Crippen LogP contribution >= 0.6 is 27.3 Å². The molecule has 5 rings (SSSR count). The molecule has 1 amide bonds. The van der Waals surface area contributed by atoms with Gasteiger partial charge in [-0.15, -0.1) is 10.2 Å². The Morgan fingerprint density at radius 3 is 2.88 bits per heavy atom. The van der Waals surface area contributed by atoms with Gasteiger partial charge in [-0.2, -0.15) is 0 Å². The van der Waals surface area contributed by atoms with E-state index >= 15 is 0 Å². The number of hydrogen-bond donors (Lipinski definition) is 0. The van der Waals surface area contributed by atoms with Crippen molar-refractivity contribution >= 4 is 49.3 Å². The number of rotatable bonds is 7. The van der Waals surface area contributed by atoms with E-state index < -0.39 is 11.9 Å². The van der Waals surface area contributed by atoms with Crippen molar-refractivity contribution in [2.75, 3.05) is 11.5 Å². The Morgan fingerprint density at radius 1 is 1.24 bits per heavy atom. The van der Waals surface area contributed by atoms with Crippen LogP contribution in [0.25, 0.3) is 11.0 Å². The summed E-state index contributed by atoms with van der Waals surface area (Å²) in [7, 11) is 0. The zero-order valence-corrected chi connectivity index (χ0v) is 20.7. The Morgan fingerprint density at radius 2 is 2.09 bits per heavy atom. The van der Waals surface area contributed by atoms with Gasteiger partial charge >= 0.3 is 0 Å². The molecule has 9 heteroatoms. The van der Waals surface area contributed by atoms with E-state index in [2.05, 4.69) is 39.6 Å². The van der Waals surface area contributed by atoms with E-state index in [4.69, 9.17) is 9.15 Å². The Hall–Kier alpha value is -3.30. The summed E-state index contributed by atoms with van der Waals surface area (Å²) in [5.41, 5.74) is 1.09. The van der Waals surface area contributed by atoms with Crippen LogP contribution < -0.4 is 15.1 Å². The predicted molar refractivity (Wildman–Crippen MR) is 135 cm³/mol. The van der Waals surface area contributed by atoms with Gasteiger partial charge in [-0.1, -0.05) is 59.0 Å². The maximum absolute atomic E-state index is 13.7. The monoisotopic (exact) mass is 537 g/mol. The molecule has 0 aliphatic carbocycles. The number of anilines is 1. The van der Waals surface area contributed by atoms with Crippen LogP contribution in [0.15, 0.2) is 68.8 Å². The number of nitrogens with zero attached hydrogens (tertiary/aromatic N) is 3. The van der Waals surface area contributed by atoms with Gasteiger partial charge in [0.1, 0.15) is 22.9 Å². The van der Waals surface area contributed by atoms with Crippen molar-refractivity contribution in [1.82, 2.24) is 10.2 Å².